The van der Waals surface area contributed by atoms with Gasteiger partial charge in [0.05, 0.1) is 6.67 Å². The third-order valence-electron chi connectivity index (χ3n) is 4.13. The maximum atomic E-state index is 14.3. The summed E-state index contributed by atoms with van der Waals surface area (Å²) in [5.74, 6) is -3.17. The molecule has 0 heterocycles. The molecule has 132 valence electrons. The fourth-order valence-electron chi connectivity index (χ4n) is 2.80. The van der Waals surface area contributed by atoms with Gasteiger partial charge in [0.2, 0.25) is 0 Å². The van der Waals surface area contributed by atoms with Crippen molar-refractivity contribution in [3.8, 4) is 0 Å². The molecule has 0 fully saturated rings. The number of carbonyl (C=O) groups is 1. The monoisotopic (exact) mass is 344 g/mol. The van der Waals surface area contributed by atoms with E-state index in [2.05, 4.69) is 0 Å². The highest BCUT2D eigenvalue weighted by Crippen LogP contribution is 2.36. The van der Waals surface area contributed by atoms with Crippen molar-refractivity contribution in [2.45, 2.75) is 51.6 Å². The Labute approximate surface area is 138 Å². The molecule has 1 aromatic carbocycles. The number of ether oxygens (including phenoxy) is 1. The first kappa shape index (κ1) is 18.5. The summed E-state index contributed by atoms with van der Waals surface area (Å²) in [6.45, 7) is 1.09. The van der Waals surface area contributed by atoms with Crippen LogP contribution in [0, 0.1) is 11.6 Å². The molecule has 0 amide bonds. The minimum atomic E-state index is -1.04. The second-order valence-corrected chi connectivity index (χ2v) is 5.78. The highest BCUT2D eigenvalue weighted by molar-refractivity contribution is 5.71. The van der Waals surface area contributed by atoms with E-state index in [-0.39, 0.29) is 42.4 Å². The van der Waals surface area contributed by atoms with Crippen LogP contribution in [0.5, 0.6) is 0 Å². The summed E-state index contributed by atoms with van der Waals surface area (Å²) in [6, 6.07) is 2.84. The summed E-state index contributed by atoms with van der Waals surface area (Å²) in [6.07, 6.45) is 0.0144. The smallest absolute Gasteiger partial charge is 0.306 e. The van der Waals surface area contributed by atoms with E-state index in [1.54, 1.807) is 6.92 Å². The lowest BCUT2D eigenvalue weighted by molar-refractivity contribution is -0.149. The lowest BCUT2D eigenvalue weighted by atomic mass is 9.90. The molecular weight excluding hydrogens is 324 g/mol. The highest BCUT2D eigenvalue weighted by Gasteiger charge is 2.27. The number of alkyl halides is 1. The number of allylic oxidation sites excluding steroid dienone is 1. The van der Waals surface area contributed by atoms with Crippen LogP contribution < -0.4 is 0 Å². The lowest BCUT2D eigenvalue weighted by Gasteiger charge is -2.24. The van der Waals surface area contributed by atoms with E-state index in [0.717, 1.165) is 0 Å². The number of aryl methyl sites for hydroxylation is 1. The fourth-order valence-corrected chi connectivity index (χ4v) is 2.80. The minimum Gasteiger partial charge on any atom is -0.462 e. The summed E-state index contributed by atoms with van der Waals surface area (Å²) in [7, 11) is 0. The largest absolute Gasteiger partial charge is 0.462 e. The quantitative estimate of drug-likeness (QED) is 0.533. The Hall–Kier alpha value is -1.85. The molecule has 1 aromatic rings. The Kier molecular flexibility index (Phi) is 6.40. The summed E-state index contributed by atoms with van der Waals surface area (Å²) in [5.41, 5.74) is 0.280. The lowest BCUT2D eigenvalue weighted by Crippen LogP contribution is -2.22. The van der Waals surface area contributed by atoms with Crippen LogP contribution >= 0.6 is 0 Å². The van der Waals surface area contributed by atoms with Gasteiger partial charge in [-0.2, -0.15) is 0 Å². The zero-order valence-corrected chi connectivity index (χ0v) is 13.5. The predicted molar refractivity (Wildman–Crippen MR) is 82.7 cm³/mol. The van der Waals surface area contributed by atoms with Gasteiger partial charge < -0.3 is 4.74 Å². The van der Waals surface area contributed by atoms with Gasteiger partial charge in [-0.1, -0.05) is 19.1 Å². The number of hydrogen-bond acceptors (Lipinski definition) is 2. The van der Waals surface area contributed by atoms with E-state index >= 15 is 0 Å². The van der Waals surface area contributed by atoms with Gasteiger partial charge in [-0.3, -0.25) is 9.18 Å². The van der Waals surface area contributed by atoms with Crippen LogP contribution in [0.15, 0.2) is 18.0 Å². The van der Waals surface area contributed by atoms with Crippen LogP contribution in [0.25, 0.3) is 5.57 Å². The van der Waals surface area contributed by atoms with Gasteiger partial charge in [-0.05, 0) is 36.8 Å². The maximum absolute atomic E-state index is 14.3. The standard InChI is InChI=1S/C18H20F4O2/c1-2-11-5-7-14(18(22)17(11)21)13-8-6-12(10-15(13)20)24-16(23)4-3-9-19/h5,7,12H,2-4,6,8-10H2,1H3. The third-order valence-corrected chi connectivity index (χ3v) is 4.13. The Morgan fingerprint density at radius 2 is 2.00 bits per heavy atom. The molecule has 0 saturated carbocycles. The molecule has 2 nitrogen and oxygen atoms in total. The summed E-state index contributed by atoms with van der Waals surface area (Å²) >= 11 is 0. The van der Waals surface area contributed by atoms with Crippen LogP contribution in [-0.2, 0) is 16.0 Å². The van der Waals surface area contributed by atoms with Gasteiger partial charge in [-0.15, -0.1) is 0 Å². The van der Waals surface area contributed by atoms with Gasteiger partial charge in [0.25, 0.3) is 0 Å². The minimum absolute atomic E-state index is 0.0521. The molecule has 1 aliphatic carbocycles. The Balaban J connectivity index is 2.12. The fraction of sp³-hybridized carbons (Fsp3) is 0.500. The number of benzene rings is 1. The van der Waals surface area contributed by atoms with Crippen molar-refractivity contribution >= 4 is 11.5 Å². The molecule has 1 atom stereocenters. The zero-order chi connectivity index (χ0) is 17.7. The molecule has 1 unspecified atom stereocenters. The van der Waals surface area contributed by atoms with E-state index in [1.165, 1.54) is 12.1 Å². The normalized spacial score (nSPS) is 18.0. The molecule has 0 spiro atoms. The van der Waals surface area contributed by atoms with Crippen molar-refractivity contribution in [3.05, 3.63) is 40.7 Å². The maximum Gasteiger partial charge on any atom is 0.306 e. The molecule has 1 aliphatic rings. The first-order chi connectivity index (χ1) is 11.5. The first-order valence-electron chi connectivity index (χ1n) is 8.08. The van der Waals surface area contributed by atoms with Gasteiger partial charge in [0.1, 0.15) is 11.9 Å². The van der Waals surface area contributed by atoms with Gasteiger partial charge in [0, 0.05) is 18.4 Å². The van der Waals surface area contributed by atoms with Gasteiger partial charge in [0.15, 0.2) is 11.6 Å². The first-order valence-corrected chi connectivity index (χ1v) is 8.08. The number of rotatable bonds is 6. The van der Waals surface area contributed by atoms with Crippen LogP contribution in [0.2, 0.25) is 0 Å². The number of halogens is 4. The number of esters is 1. The van der Waals surface area contributed by atoms with Crippen molar-refractivity contribution in [3.63, 3.8) is 0 Å². The van der Waals surface area contributed by atoms with Crippen molar-refractivity contribution in [1.82, 2.24) is 0 Å². The topological polar surface area (TPSA) is 26.3 Å². The van der Waals surface area contributed by atoms with E-state index in [9.17, 15) is 22.4 Å². The van der Waals surface area contributed by atoms with Gasteiger partial charge in [-0.25, -0.2) is 13.2 Å². The van der Waals surface area contributed by atoms with Crippen LogP contribution in [0.3, 0.4) is 0 Å². The Bertz CT molecular complexity index is 640. The molecule has 0 N–H and O–H groups in total. The molecule has 6 heteroatoms. The van der Waals surface area contributed by atoms with Crippen molar-refractivity contribution in [1.29, 1.82) is 0 Å². The molecule has 0 aromatic heterocycles. The molecular formula is C18H20F4O2. The summed E-state index contributed by atoms with van der Waals surface area (Å²) in [4.78, 5) is 11.5. The van der Waals surface area contributed by atoms with E-state index in [1.807, 2.05) is 0 Å². The summed E-state index contributed by atoms with van der Waals surface area (Å²) in [5, 5.41) is 0. The number of carbonyl (C=O) groups excluding carboxylic acids is 1. The van der Waals surface area contributed by atoms with Crippen molar-refractivity contribution < 1.29 is 27.1 Å². The second kappa shape index (κ2) is 8.31. The third kappa shape index (κ3) is 4.16. The van der Waals surface area contributed by atoms with Gasteiger partial charge >= 0.3 is 5.97 Å². The zero-order valence-electron chi connectivity index (χ0n) is 13.5. The van der Waals surface area contributed by atoms with Crippen LogP contribution in [-0.4, -0.2) is 18.7 Å². The Morgan fingerprint density at radius 1 is 1.25 bits per heavy atom. The molecule has 0 radical (unpaired) electrons. The van der Waals surface area contributed by atoms with E-state index in [0.29, 0.717) is 12.8 Å². The van der Waals surface area contributed by atoms with Crippen LogP contribution in [0.4, 0.5) is 17.6 Å². The van der Waals surface area contributed by atoms with Crippen molar-refractivity contribution in [2.24, 2.45) is 0 Å². The van der Waals surface area contributed by atoms with E-state index in [4.69, 9.17) is 4.74 Å². The highest BCUT2D eigenvalue weighted by atomic mass is 19.2. The average molecular weight is 344 g/mol. The summed E-state index contributed by atoms with van der Waals surface area (Å²) < 4.78 is 59.5. The second-order valence-electron chi connectivity index (χ2n) is 5.78. The Morgan fingerprint density at radius 3 is 2.62 bits per heavy atom. The van der Waals surface area contributed by atoms with E-state index < -0.39 is 36.2 Å². The average Bonchev–Trinajstić information content (AvgIpc) is 2.56. The number of hydrogen-bond donors (Lipinski definition) is 0. The predicted octanol–water partition coefficient (Wildman–Crippen LogP) is 5.05. The molecule has 0 aliphatic heterocycles. The van der Waals surface area contributed by atoms with Crippen molar-refractivity contribution in [2.75, 3.05) is 6.67 Å². The molecule has 0 saturated heterocycles. The molecule has 0 bridgehead atoms. The SMILES string of the molecule is CCc1ccc(C2=C(F)CC(OC(=O)CCCF)CC2)c(F)c1F. The molecule has 2 rings (SSSR count). The molecule has 24 heavy (non-hydrogen) atoms. The van der Waals surface area contributed by atoms with Crippen LogP contribution in [0.1, 0.15) is 50.2 Å².